The molecule has 20 heavy (non-hydrogen) atoms. The third-order valence-electron chi connectivity index (χ3n) is 2.79. The van der Waals surface area contributed by atoms with E-state index in [9.17, 15) is 9.59 Å². The third kappa shape index (κ3) is 3.21. The van der Waals surface area contributed by atoms with Crippen molar-refractivity contribution in [2.24, 2.45) is 0 Å². The number of nitrogens with one attached hydrogen (secondary N) is 1. The number of H-pyrrole nitrogens is 1. The predicted octanol–water partition coefficient (Wildman–Crippen LogP) is 3.06. The lowest BCUT2D eigenvalue weighted by atomic mass is 10.1. The normalized spacial score (nSPS) is 10.3. The van der Waals surface area contributed by atoms with Gasteiger partial charge in [-0.3, -0.25) is 4.79 Å². The van der Waals surface area contributed by atoms with Gasteiger partial charge < -0.3 is 9.72 Å². The fraction of sp³-hybridized carbons (Fsp3) is 0.143. The minimum absolute atomic E-state index is 0.110. The molecule has 0 bridgehead atoms. The van der Waals surface area contributed by atoms with Crippen LogP contribution >= 0.6 is 23.2 Å². The maximum Gasteiger partial charge on any atom is 0.354 e. The van der Waals surface area contributed by atoms with Crippen LogP contribution in [0.15, 0.2) is 35.1 Å². The Bertz CT molecular complexity index is 710. The number of carbonyl (C=O) groups is 1. The highest BCUT2D eigenvalue weighted by atomic mass is 35.5. The first kappa shape index (κ1) is 14.6. The molecule has 0 radical (unpaired) electrons. The number of methoxy groups -OCH3 is 1. The molecule has 0 unspecified atom stereocenters. The van der Waals surface area contributed by atoms with Gasteiger partial charge in [0.05, 0.1) is 7.11 Å². The molecule has 1 N–H and O–H groups in total. The molecule has 0 spiro atoms. The van der Waals surface area contributed by atoms with Gasteiger partial charge in [0.25, 0.3) is 5.56 Å². The second kappa shape index (κ2) is 6.11. The third-order valence-corrected chi connectivity index (χ3v) is 3.39. The number of ether oxygens (including phenoxy) is 1. The largest absolute Gasteiger partial charge is 0.464 e. The Kier molecular flexibility index (Phi) is 4.47. The van der Waals surface area contributed by atoms with Gasteiger partial charge in [0, 0.05) is 22.0 Å². The zero-order valence-electron chi connectivity index (χ0n) is 10.6. The Morgan fingerprint density at radius 2 is 1.95 bits per heavy atom. The van der Waals surface area contributed by atoms with E-state index in [-0.39, 0.29) is 11.3 Å². The number of esters is 1. The van der Waals surface area contributed by atoms with Crippen molar-refractivity contribution in [2.45, 2.75) is 6.42 Å². The van der Waals surface area contributed by atoms with Gasteiger partial charge in [-0.25, -0.2) is 4.79 Å². The van der Waals surface area contributed by atoms with E-state index >= 15 is 0 Å². The first-order chi connectivity index (χ1) is 9.51. The highest BCUT2D eigenvalue weighted by Gasteiger charge is 2.10. The van der Waals surface area contributed by atoms with Gasteiger partial charge >= 0.3 is 5.97 Å². The molecule has 2 aromatic rings. The lowest BCUT2D eigenvalue weighted by molar-refractivity contribution is 0.0593. The highest BCUT2D eigenvalue weighted by Crippen LogP contribution is 2.22. The molecule has 104 valence electrons. The molecule has 0 fully saturated rings. The van der Waals surface area contributed by atoms with E-state index in [0.29, 0.717) is 22.0 Å². The van der Waals surface area contributed by atoms with E-state index < -0.39 is 5.97 Å². The number of rotatable bonds is 3. The van der Waals surface area contributed by atoms with Crippen LogP contribution in [0.2, 0.25) is 10.0 Å². The standard InChI is InChI=1S/C14H11Cl2NO3/c1-20-14(19)12-5-2-8(13(18)17-12)6-9-7-10(15)3-4-11(9)16/h2-5,7H,6H2,1H3,(H,17,18). The number of hydrogen-bond acceptors (Lipinski definition) is 3. The van der Waals surface area contributed by atoms with Crippen molar-refractivity contribution in [1.29, 1.82) is 0 Å². The summed E-state index contributed by atoms with van der Waals surface area (Å²) < 4.78 is 4.54. The summed E-state index contributed by atoms with van der Waals surface area (Å²) in [6.07, 6.45) is 0.330. The minimum Gasteiger partial charge on any atom is -0.464 e. The number of aromatic nitrogens is 1. The molecule has 2 rings (SSSR count). The Morgan fingerprint density at radius 3 is 2.60 bits per heavy atom. The number of halogens is 2. The molecule has 0 atom stereocenters. The predicted molar refractivity (Wildman–Crippen MR) is 77.7 cm³/mol. The maximum absolute atomic E-state index is 11.9. The van der Waals surface area contributed by atoms with Crippen LogP contribution in [0.25, 0.3) is 0 Å². The van der Waals surface area contributed by atoms with Crippen molar-refractivity contribution in [3.8, 4) is 0 Å². The van der Waals surface area contributed by atoms with Crippen molar-refractivity contribution < 1.29 is 9.53 Å². The summed E-state index contributed by atoms with van der Waals surface area (Å²) in [6.45, 7) is 0. The van der Waals surface area contributed by atoms with Crippen molar-refractivity contribution in [2.75, 3.05) is 7.11 Å². The second-order valence-electron chi connectivity index (χ2n) is 4.13. The summed E-state index contributed by atoms with van der Waals surface area (Å²) in [5, 5.41) is 1.08. The lowest BCUT2D eigenvalue weighted by Crippen LogP contribution is -2.17. The number of benzene rings is 1. The molecule has 0 saturated heterocycles. The zero-order chi connectivity index (χ0) is 14.7. The summed E-state index contributed by atoms with van der Waals surface area (Å²) in [5.74, 6) is -0.588. The smallest absolute Gasteiger partial charge is 0.354 e. The number of hydrogen-bond donors (Lipinski definition) is 1. The van der Waals surface area contributed by atoms with Gasteiger partial charge in [-0.2, -0.15) is 0 Å². The summed E-state index contributed by atoms with van der Waals surface area (Å²) >= 11 is 12.0. The summed E-state index contributed by atoms with van der Waals surface area (Å²) in [5.41, 5.74) is 0.986. The Labute approximate surface area is 125 Å². The zero-order valence-corrected chi connectivity index (χ0v) is 12.1. The molecule has 0 aliphatic rings. The van der Waals surface area contributed by atoms with E-state index in [1.807, 2.05) is 0 Å². The molecule has 4 nitrogen and oxygen atoms in total. The maximum atomic E-state index is 11.9. The Morgan fingerprint density at radius 1 is 1.20 bits per heavy atom. The van der Waals surface area contributed by atoms with Crippen LogP contribution in [-0.2, 0) is 11.2 Å². The van der Waals surface area contributed by atoms with E-state index in [1.54, 1.807) is 24.3 Å². The van der Waals surface area contributed by atoms with E-state index in [1.165, 1.54) is 13.2 Å². The summed E-state index contributed by atoms with van der Waals surface area (Å²) in [4.78, 5) is 25.7. The Hall–Kier alpha value is -1.78. The first-order valence-corrected chi connectivity index (χ1v) is 6.51. The second-order valence-corrected chi connectivity index (χ2v) is 4.97. The fourth-order valence-electron chi connectivity index (χ4n) is 1.76. The van der Waals surface area contributed by atoms with Crippen molar-refractivity contribution >= 4 is 29.2 Å². The minimum atomic E-state index is -0.588. The monoisotopic (exact) mass is 311 g/mol. The molecule has 0 amide bonds. The van der Waals surface area contributed by atoms with Crippen LogP contribution in [0.1, 0.15) is 21.6 Å². The molecule has 0 saturated carbocycles. The van der Waals surface area contributed by atoms with Gasteiger partial charge in [0.1, 0.15) is 5.69 Å². The summed E-state index contributed by atoms with van der Waals surface area (Å²) in [6, 6.07) is 8.13. The van der Waals surface area contributed by atoms with Gasteiger partial charge in [0.2, 0.25) is 0 Å². The number of pyridine rings is 1. The molecule has 6 heteroatoms. The van der Waals surface area contributed by atoms with Crippen LogP contribution in [0.4, 0.5) is 0 Å². The van der Waals surface area contributed by atoms with Crippen molar-refractivity contribution in [3.63, 3.8) is 0 Å². The number of aromatic amines is 1. The SMILES string of the molecule is COC(=O)c1ccc(Cc2cc(Cl)ccc2Cl)c(=O)[nH]1. The lowest BCUT2D eigenvalue weighted by Gasteiger charge is -2.05. The van der Waals surface area contributed by atoms with E-state index in [2.05, 4.69) is 9.72 Å². The van der Waals surface area contributed by atoms with Crippen LogP contribution in [0, 0.1) is 0 Å². The van der Waals surface area contributed by atoms with Gasteiger partial charge in [-0.15, -0.1) is 0 Å². The van der Waals surface area contributed by atoms with Crippen LogP contribution in [0.3, 0.4) is 0 Å². The van der Waals surface area contributed by atoms with Crippen LogP contribution in [0.5, 0.6) is 0 Å². The molecular weight excluding hydrogens is 301 g/mol. The van der Waals surface area contributed by atoms with Gasteiger partial charge in [-0.05, 0) is 29.8 Å². The van der Waals surface area contributed by atoms with Crippen molar-refractivity contribution in [1.82, 2.24) is 4.98 Å². The van der Waals surface area contributed by atoms with Gasteiger partial charge in [-0.1, -0.05) is 29.3 Å². The quantitative estimate of drug-likeness (QED) is 0.886. The first-order valence-electron chi connectivity index (χ1n) is 5.75. The average molecular weight is 312 g/mol. The molecule has 1 aromatic heterocycles. The molecule has 1 aromatic carbocycles. The van der Waals surface area contributed by atoms with Crippen molar-refractivity contribution in [3.05, 3.63) is 67.6 Å². The van der Waals surface area contributed by atoms with E-state index in [0.717, 1.165) is 5.56 Å². The molecule has 0 aliphatic heterocycles. The average Bonchev–Trinajstić information content (AvgIpc) is 2.44. The fourth-order valence-corrected chi connectivity index (χ4v) is 2.14. The van der Waals surface area contributed by atoms with Crippen LogP contribution < -0.4 is 5.56 Å². The number of carbonyl (C=O) groups excluding carboxylic acids is 1. The molecular formula is C14H11Cl2NO3. The summed E-state index contributed by atoms with van der Waals surface area (Å²) in [7, 11) is 1.25. The Balaban J connectivity index is 2.33. The molecule has 0 aliphatic carbocycles. The topological polar surface area (TPSA) is 59.2 Å². The molecule has 1 heterocycles. The highest BCUT2D eigenvalue weighted by molar-refractivity contribution is 6.33. The van der Waals surface area contributed by atoms with Gasteiger partial charge in [0.15, 0.2) is 0 Å². The van der Waals surface area contributed by atoms with Crippen LogP contribution in [-0.4, -0.2) is 18.1 Å². The van der Waals surface area contributed by atoms with E-state index in [4.69, 9.17) is 23.2 Å².